The van der Waals surface area contributed by atoms with E-state index in [1.165, 1.54) is 5.69 Å². The Balaban J connectivity index is 1.19. The van der Waals surface area contributed by atoms with Crippen LogP contribution in [0.1, 0.15) is 67.8 Å². The van der Waals surface area contributed by atoms with Crippen molar-refractivity contribution in [3.05, 3.63) is 54.2 Å². The molecular formula is C32H31N9O3. The molecule has 0 saturated heterocycles. The number of nitrogens with zero attached hydrogens (tertiary/aromatic N) is 9. The summed E-state index contributed by atoms with van der Waals surface area (Å²) in [6.45, 7) is -0.468. The van der Waals surface area contributed by atoms with Crippen LogP contribution in [0.15, 0.2) is 42.9 Å². The van der Waals surface area contributed by atoms with Gasteiger partial charge in [-0.15, -0.1) is 5.10 Å². The molecule has 5 aromatic heterocycles. The molecule has 1 N–H and O–H groups in total. The van der Waals surface area contributed by atoms with E-state index in [2.05, 4.69) is 33.9 Å². The Hall–Kier alpha value is -5.00. The molecule has 44 heavy (non-hydrogen) atoms. The highest BCUT2D eigenvalue weighted by Gasteiger charge is 2.35. The van der Waals surface area contributed by atoms with Gasteiger partial charge in [0.1, 0.15) is 11.5 Å². The van der Waals surface area contributed by atoms with E-state index in [-0.39, 0.29) is 5.88 Å². The number of hydrogen-bond acceptors (Lipinski definition) is 7. The first-order valence-electron chi connectivity index (χ1n) is 15.3. The Kier molecular flexibility index (Phi) is 5.36. The van der Waals surface area contributed by atoms with Gasteiger partial charge in [-0.25, -0.2) is 19.4 Å². The van der Waals surface area contributed by atoms with Gasteiger partial charge in [0.25, 0.3) is 5.88 Å². The predicted octanol–water partition coefficient (Wildman–Crippen LogP) is 5.12. The second-order valence-corrected chi connectivity index (χ2v) is 12.4. The van der Waals surface area contributed by atoms with Gasteiger partial charge in [0.15, 0.2) is 12.3 Å². The molecule has 3 saturated carbocycles. The summed E-state index contributed by atoms with van der Waals surface area (Å²) < 4.78 is 13.3. The lowest BCUT2D eigenvalue weighted by Gasteiger charge is -2.10. The molecule has 3 aliphatic carbocycles. The summed E-state index contributed by atoms with van der Waals surface area (Å²) in [5, 5.41) is 25.2. The largest absolute Gasteiger partial charge is 0.479 e. The minimum absolute atomic E-state index is 0.262. The molecule has 0 unspecified atom stereocenters. The van der Waals surface area contributed by atoms with Crippen LogP contribution in [-0.4, -0.2) is 61.6 Å². The summed E-state index contributed by atoms with van der Waals surface area (Å²) >= 11 is 0. The number of aliphatic carboxylic acids is 1. The fraction of sp³-hybridized carbons (Fsp3) is 0.375. The van der Waals surface area contributed by atoms with Crippen molar-refractivity contribution >= 4 is 27.9 Å². The molecule has 222 valence electrons. The van der Waals surface area contributed by atoms with E-state index in [9.17, 15) is 9.90 Å². The Morgan fingerprint density at radius 1 is 0.955 bits per heavy atom. The molecular weight excluding hydrogens is 558 g/mol. The summed E-state index contributed by atoms with van der Waals surface area (Å²) in [5.41, 5.74) is 7.61. The Labute approximate surface area is 251 Å². The number of ether oxygens (including phenoxy) is 1. The zero-order valence-corrected chi connectivity index (χ0v) is 24.5. The summed E-state index contributed by atoms with van der Waals surface area (Å²) in [6, 6.07) is 8.65. The maximum absolute atomic E-state index is 11.3. The van der Waals surface area contributed by atoms with E-state index in [1.807, 2.05) is 47.1 Å². The summed E-state index contributed by atoms with van der Waals surface area (Å²) in [6.07, 6.45) is 12.5. The number of carbonyl (C=O) groups is 1. The van der Waals surface area contributed by atoms with Crippen molar-refractivity contribution in [3.63, 3.8) is 0 Å². The molecule has 0 aliphatic heterocycles. The second kappa shape index (κ2) is 9.25. The first-order valence-corrected chi connectivity index (χ1v) is 15.3. The van der Waals surface area contributed by atoms with Gasteiger partial charge in [-0.3, -0.25) is 9.36 Å². The molecule has 1 aromatic carbocycles. The van der Waals surface area contributed by atoms with Gasteiger partial charge in [0.2, 0.25) is 0 Å². The van der Waals surface area contributed by atoms with Gasteiger partial charge in [0.05, 0.1) is 29.1 Å². The molecule has 0 bridgehead atoms. The quantitative estimate of drug-likeness (QED) is 0.246. The summed E-state index contributed by atoms with van der Waals surface area (Å²) in [7, 11) is 4.06. The summed E-state index contributed by atoms with van der Waals surface area (Å²) in [4.78, 5) is 21.7. The molecule has 6 aromatic rings. The zero-order valence-electron chi connectivity index (χ0n) is 24.5. The Morgan fingerprint density at radius 3 is 2.52 bits per heavy atom. The van der Waals surface area contributed by atoms with Crippen molar-refractivity contribution in [1.82, 2.24) is 43.9 Å². The third kappa shape index (κ3) is 4.19. The maximum Gasteiger partial charge on any atom is 0.341 e. The van der Waals surface area contributed by atoms with Crippen molar-refractivity contribution in [3.8, 4) is 34.2 Å². The first-order chi connectivity index (χ1) is 21.4. The molecule has 0 atom stereocenters. The van der Waals surface area contributed by atoms with Gasteiger partial charge in [-0.05, 0) is 50.7 Å². The monoisotopic (exact) mass is 589 g/mol. The average Bonchev–Trinajstić information content (AvgIpc) is 3.96. The molecule has 3 aliphatic rings. The van der Waals surface area contributed by atoms with Gasteiger partial charge in [-0.1, -0.05) is 12.1 Å². The van der Waals surface area contributed by atoms with Crippen molar-refractivity contribution in [2.24, 2.45) is 14.1 Å². The topological polar surface area (TPSA) is 131 Å². The standard InChI is InChI=1S/C32H31N9O3/c1-38-13-19-12-22(27(17-6-7-17)33-30(19)36-38)31-34-28(29(39(31)2)18-8-9-18)21-4-3-5-24-23(21)14-41(35-24)25-15-40(20-10-11-20)37-32(25)44-16-26(42)43/h3-5,12-15,17-18,20H,6-11,16H2,1-2H3,(H,42,43). The minimum Gasteiger partial charge on any atom is -0.479 e. The van der Waals surface area contributed by atoms with Crippen molar-refractivity contribution in [1.29, 1.82) is 0 Å². The van der Waals surface area contributed by atoms with Gasteiger partial charge < -0.3 is 14.4 Å². The van der Waals surface area contributed by atoms with E-state index in [1.54, 1.807) is 4.68 Å². The Bertz CT molecular complexity index is 2120. The van der Waals surface area contributed by atoms with Crippen LogP contribution >= 0.6 is 0 Å². The number of aryl methyl sites for hydroxylation is 1. The minimum atomic E-state index is -1.05. The lowest BCUT2D eigenvalue weighted by Crippen LogP contribution is -2.11. The Morgan fingerprint density at radius 2 is 1.77 bits per heavy atom. The number of imidazole rings is 1. The fourth-order valence-corrected chi connectivity index (χ4v) is 6.36. The highest BCUT2D eigenvalue weighted by atomic mass is 16.5. The van der Waals surface area contributed by atoms with Crippen LogP contribution in [0.25, 0.3) is 50.3 Å². The van der Waals surface area contributed by atoms with E-state index >= 15 is 0 Å². The van der Waals surface area contributed by atoms with Crippen LogP contribution in [-0.2, 0) is 18.9 Å². The van der Waals surface area contributed by atoms with Crippen molar-refractivity contribution < 1.29 is 14.6 Å². The average molecular weight is 590 g/mol. The van der Waals surface area contributed by atoms with E-state index in [0.717, 1.165) is 88.8 Å². The first kappa shape index (κ1) is 25.5. The normalized spacial score (nSPS) is 16.8. The third-order valence-electron chi connectivity index (χ3n) is 8.93. The molecule has 12 nitrogen and oxygen atoms in total. The SMILES string of the molecule is Cn1cc2cc(-c3nc(-c4cccc5nn(-c6cn(C7CC7)nc6OCC(=O)O)cc45)c(C4CC4)n3C)c(C3CC3)nc2n1. The molecule has 3 fully saturated rings. The molecule has 0 radical (unpaired) electrons. The highest BCUT2D eigenvalue weighted by Crippen LogP contribution is 2.49. The molecule has 12 heteroatoms. The number of carboxylic acids is 1. The predicted molar refractivity (Wildman–Crippen MR) is 162 cm³/mol. The number of pyridine rings is 1. The second-order valence-electron chi connectivity index (χ2n) is 12.4. The smallest absolute Gasteiger partial charge is 0.341 e. The lowest BCUT2D eigenvalue weighted by molar-refractivity contribution is -0.139. The van der Waals surface area contributed by atoms with Crippen LogP contribution in [0, 0.1) is 0 Å². The maximum atomic E-state index is 11.3. The fourth-order valence-electron chi connectivity index (χ4n) is 6.36. The van der Waals surface area contributed by atoms with Gasteiger partial charge in [-0.2, -0.15) is 10.2 Å². The molecule has 9 rings (SSSR count). The zero-order chi connectivity index (χ0) is 29.7. The van der Waals surface area contributed by atoms with Gasteiger partial charge in [0, 0.05) is 65.9 Å². The van der Waals surface area contributed by atoms with E-state index in [0.29, 0.717) is 23.6 Å². The number of rotatable bonds is 9. The molecule has 0 amide bonds. The van der Waals surface area contributed by atoms with Crippen LogP contribution in [0.4, 0.5) is 0 Å². The number of fused-ring (bicyclic) bond motifs is 2. The van der Waals surface area contributed by atoms with E-state index < -0.39 is 12.6 Å². The van der Waals surface area contributed by atoms with Gasteiger partial charge >= 0.3 is 5.97 Å². The van der Waals surface area contributed by atoms with Crippen molar-refractivity contribution in [2.75, 3.05) is 6.61 Å². The van der Waals surface area contributed by atoms with E-state index in [4.69, 9.17) is 19.8 Å². The number of hydrogen-bond donors (Lipinski definition) is 1. The number of aromatic nitrogens is 9. The van der Waals surface area contributed by atoms with Crippen LogP contribution in [0.3, 0.4) is 0 Å². The van der Waals surface area contributed by atoms with Crippen LogP contribution in [0.5, 0.6) is 5.88 Å². The third-order valence-corrected chi connectivity index (χ3v) is 8.93. The molecule has 0 spiro atoms. The lowest BCUT2D eigenvalue weighted by atomic mass is 10.0. The highest BCUT2D eigenvalue weighted by molar-refractivity contribution is 5.95. The van der Waals surface area contributed by atoms with Crippen molar-refractivity contribution in [2.45, 2.75) is 56.4 Å². The summed E-state index contributed by atoms with van der Waals surface area (Å²) in [5.74, 6) is 1.04. The number of carboxylic acid groups (broad SMARTS) is 1. The van der Waals surface area contributed by atoms with Crippen LogP contribution < -0.4 is 4.74 Å². The number of benzene rings is 1. The molecule has 5 heterocycles. The van der Waals surface area contributed by atoms with Crippen LogP contribution in [0.2, 0.25) is 0 Å².